The normalized spacial score (nSPS) is 11.8. The second-order valence-corrected chi connectivity index (χ2v) is 7.62. The highest BCUT2D eigenvalue weighted by atomic mass is 35.5. The lowest BCUT2D eigenvalue weighted by atomic mass is 10.00. The van der Waals surface area contributed by atoms with Crippen LogP contribution in [0, 0.1) is 13.8 Å². The van der Waals surface area contributed by atoms with E-state index in [9.17, 15) is 9.90 Å². The van der Waals surface area contributed by atoms with Crippen molar-refractivity contribution in [3.8, 4) is 5.75 Å². The van der Waals surface area contributed by atoms with E-state index in [0.717, 1.165) is 11.1 Å². The van der Waals surface area contributed by atoms with Gasteiger partial charge in [0.15, 0.2) is 6.61 Å². The molecular weight excluding hydrogens is 409 g/mol. The average molecular weight is 430 g/mol. The number of benzene rings is 3. The van der Waals surface area contributed by atoms with Gasteiger partial charge in [0.2, 0.25) is 0 Å². The Balaban J connectivity index is 1.76. The van der Waals surface area contributed by atoms with E-state index in [1.54, 1.807) is 24.3 Å². The van der Waals surface area contributed by atoms with Crippen molar-refractivity contribution in [3.05, 3.63) is 93.0 Å². The van der Waals surface area contributed by atoms with E-state index in [-0.39, 0.29) is 12.5 Å². The molecule has 0 spiro atoms. The standard InChI is InChI=1S/C23H21Cl2NO3/c1-14-10-15(2)23(19(25)11-14)29-13-21(27)26-20-9-8-17(24)12-18(20)22(28)16-6-4-3-5-7-16/h3-12,22,28H,13H2,1-2H3,(H,26,27)/t22-/m1/s1. The summed E-state index contributed by atoms with van der Waals surface area (Å²) in [6.07, 6.45) is -0.931. The van der Waals surface area contributed by atoms with E-state index in [2.05, 4.69) is 5.32 Å². The summed E-state index contributed by atoms with van der Waals surface area (Å²) in [5.74, 6) is 0.109. The average Bonchev–Trinajstić information content (AvgIpc) is 2.68. The van der Waals surface area contributed by atoms with Gasteiger partial charge < -0.3 is 15.2 Å². The molecular formula is C23H21Cl2NO3. The van der Waals surface area contributed by atoms with Gasteiger partial charge in [-0.25, -0.2) is 0 Å². The molecule has 2 N–H and O–H groups in total. The summed E-state index contributed by atoms with van der Waals surface area (Å²) in [5.41, 5.74) is 3.54. The second-order valence-electron chi connectivity index (χ2n) is 6.77. The van der Waals surface area contributed by atoms with Gasteiger partial charge in [0.1, 0.15) is 11.9 Å². The number of carbonyl (C=O) groups excluding carboxylic acids is 1. The van der Waals surface area contributed by atoms with Crippen LogP contribution in [0.25, 0.3) is 0 Å². The number of hydrogen-bond donors (Lipinski definition) is 2. The number of amides is 1. The van der Waals surface area contributed by atoms with Gasteiger partial charge in [0.25, 0.3) is 5.91 Å². The van der Waals surface area contributed by atoms with Crippen LogP contribution >= 0.6 is 23.2 Å². The first-order valence-electron chi connectivity index (χ1n) is 9.07. The number of nitrogens with one attached hydrogen (secondary N) is 1. The highest BCUT2D eigenvalue weighted by Gasteiger charge is 2.17. The molecule has 0 bridgehead atoms. The van der Waals surface area contributed by atoms with Crippen molar-refractivity contribution in [3.63, 3.8) is 0 Å². The van der Waals surface area contributed by atoms with Gasteiger partial charge >= 0.3 is 0 Å². The summed E-state index contributed by atoms with van der Waals surface area (Å²) in [6.45, 7) is 3.60. The fraction of sp³-hybridized carbons (Fsp3) is 0.174. The fourth-order valence-corrected chi connectivity index (χ4v) is 3.65. The van der Waals surface area contributed by atoms with Gasteiger partial charge in [-0.05, 0) is 54.8 Å². The van der Waals surface area contributed by atoms with Crippen LogP contribution in [-0.2, 0) is 4.79 Å². The van der Waals surface area contributed by atoms with Crippen molar-refractivity contribution in [1.82, 2.24) is 0 Å². The van der Waals surface area contributed by atoms with E-state index in [1.807, 2.05) is 50.2 Å². The molecule has 3 rings (SSSR count). The highest BCUT2D eigenvalue weighted by Crippen LogP contribution is 2.32. The van der Waals surface area contributed by atoms with Gasteiger partial charge in [0, 0.05) is 16.3 Å². The number of anilines is 1. The fourth-order valence-electron chi connectivity index (χ4n) is 3.10. The van der Waals surface area contributed by atoms with Gasteiger partial charge in [-0.15, -0.1) is 0 Å². The molecule has 0 aliphatic carbocycles. The number of ether oxygens (including phenoxy) is 1. The molecule has 1 amide bonds. The van der Waals surface area contributed by atoms with E-state index in [1.165, 1.54) is 0 Å². The smallest absolute Gasteiger partial charge is 0.262 e. The first-order valence-corrected chi connectivity index (χ1v) is 9.82. The lowest BCUT2D eigenvalue weighted by molar-refractivity contribution is -0.118. The van der Waals surface area contributed by atoms with Crippen molar-refractivity contribution in [2.24, 2.45) is 0 Å². The Hall–Kier alpha value is -2.53. The first kappa shape index (κ1) is 21.2. The molecule has 150 valence electrons. The number of rotatable bonds is 6. The third kappa shape index (κ3) is 5.30. The second kappa shape index (κ2) is 9.31. The Morgan fingerprint density at radius 2 is 1.79 bits per heavy atom. The maximum absolute atomic E-state index is 12.5. The molecule has 0 saturated heterocycles. The largest absolute Gasteiger partial charge is 0.482 e. The molecule has 0 radical (unpaired) electrons. The Labute approximate surface area is 180 Å². The van der Waals surface area contributed by atoms with E-state index < -0.39 is 6.10 Å². The highest BCUT2D eigenvalue weighted by molar-refractivity contribution is 6.32. The minimum Gasteiger partial charge on any atom is -0.482 e. The molecule has 29 heavy (non-hydrogen) atoms. The SMILES string of the molecule is Cc1cc(C)c(OCC(=O)Nc2ccc(Cl)cc2[C@H](O)c2ccccc2)c(Cl)c1. The van der Waals surface area contributed by atoms with E-state index in [0.29, 0.717) is 32.6 Å². The summed E-state index contributed by atoms with van der Waals surface area (Å²) in [7, 11) is 0. The topological polar surface area (TPSA) is 58.6 Å². The van der Waals surface area contributed by atoms with Crippen molar-refractivity contribution in [2.75, 3.05) is 11.9 Å². The van der Waals surface area contributed by atoms with Gasteiger partial charge in [0.05, 0.1) is 5.02 Å². The molecule has 0 saturated carbocycles. The Morgan fingerprint density at radius 1 is 1.07 bits per heavy atom. The van der Waals surface area contributed by atoms with Crippen LogP contribution < -0.4 is 10.1 Å². The van der Waals surface area contributed by atoms with Crippen LogP contribution in [-0.4, -0.2) is 17.6 Å². The summed E-state index contributed by atoms with van der Waals surface area (Å²) >= 11 is 12.3. The molecule has 3 aromatic carbocycles. The zero-order valence-corrected chi connectivity index (χ0v) is 17.6. The lowest BCUT2D eigenvalue weighted by Crippen LogP contribution is -2.21. The molecule has 4 nitrogen and oxygen atoms in total. The van der Waals surface area contributed by atoms with Crippen LogP contribution in [0.15, 0.2) is 60.7 Å². The molecule has 0 heterocycles. The summed E-state index contributed by atoms with van der Waals surface area (Å²) in [4.78, 5) is 12.5. The third-order valence-corrected chi connectivity index (χ3v) is 4.93. The number of halogens is 2. The molecule has 0 aliphatic heterocycles. The van der Waals surface area contributed by atoms with E-state index >= 15 is 0 Å². The van der Waals surface area contributed by atoms with Crippen LogP contribution in [0.1, 0.15) is 28.4 Å². The summed E-state index contributed by atoms with van der Waals surface area (Å²) < 4.78 is 5.63. The zero-order chi connectivity index (χ0) is 21.0. The first-order chi connectivity index (χ1) is 13.8. The number of aliphatic hydroxyl groups is 1. The zero-order valence-electron chi connectivity index (χ0n) is 16.1. The molecule has 6 heteroatoms. The van der Waals surface area contributed by atoms with Crippen LogP contribution in [0.3, 0.4) is 0 Å². The predicted octanol–water partition coefficient (Wildman–Crippen LogP) is 5.71. The molecule has 0 fully saturated rings. The predicted molar refractivity (Wildman–Crippen MR) is 117 cm³/mol. The summed E-state index contributed by atoms with van der Waals surface area (Å²) in [6, 6.07) is 17.8. The quantitative estimate of drug-likeness (QED) is 0.527. The Morgan fingerprint density at radius 3 is 2.48 bits per heavy atom. The summed E-state index contributed by atoms with van der Waals surface area (Å²) in [5, 5.41) is 14.5. The van der Waals surface area contributed by atoms with E-state index in [4.69, 9.17) is 27.9 Å². The number of hydrogen-bond acceptors (Lipinski definition) is 3. The van der Waals surface area contributed by atoms with Crippen molar-refractivity contribution >= 4 is 34.8 Å². The molecule has 0 aliphatic rings. The van der Waals surface area contributed by atoms with Crippen LogP contribution in [0.2, 0.25) is 10.0 Å². The Bertz CT molecular complexity index is 999. The molecule has 0 unspecified atom stereocenters. The van der Waals surface area contributed by atoms with Gasteiger partial charge in [-0.3, -0.25) is 4.79 Å². The maximum atomic E-state index is 12.5. The monoisotopic (exact) mass is 429 g/mol. The molecule has 3 aromatic rings. The maximum Gasteiger partial charge on any atom is 0.262 e. The van der Waals surface area contributed by atoms with Crippen molar-refractivity contribution in [2.45, 2.75) is 20.0 Å². The Kier molecular flexibility index (Phi) is 6.80. The molecule has 0 aromatic heterocycles. The van der Waals surface area contributed by atoms with Crippen molar-refractivity contribution < 1.29 is 14.6 Å². The van der Waals surface area contributed by atoms with Gasteiger partial charge in [-0.2, -0.15) is 0 Å². The lowest BCUT2D eigenvalue weighted by Gasteiger charge is -2.18. The third-order valence-electron chi connectivity index (χ3n) is 4.42. The van der Waals surface area contributed by atoms with Crippen LogP contribution in [0.5, 0.6) is 5.75 Å². The van der Waals surface area contributed by atoms with Crippen LogP contribution in [0.4, 0.5) is 5.69 Å². The van der Waals surface area contributed by atoms with Gasteiger partial charge in [-0.1, -0.05) is 59.6 Å². The number of aliphatic hydroxyl groups excluding tert-OH is 1. The van der Waals surface area contributed by atoms with Crippen molar-refractivity contribution in [1.29, 1.82) is 0 Å². The molecule has 1 atom stereocenters. The minimum atomic E-state index is -0.931. The number of aryl methyl sites for hydroxylation is 2. The minimum absolute atomic E-state index is 0.215. The number of carbonyl (C=O) groups is 1.